The molecule has 0 aromatic heterocycles. The molecule has 1 aliphatic rings. The van der Waals surface area contributed by atoms with Crippen LogP contribution in [0.25, 0.3) is 0 Å². The number of anilines is 1. The highest BCUT2D eigenvalue weighted by Gasteiger charge is 2.30. The lowest BCUT2D eigenvalue weighted by molar-refractivity contribution is -0.137. The average Bonchev–Trinajstić information content (AvgIpc) is 2.73. The maximum Gasteiger partial charge on any atom is 0.416 e. The van der Waals surface area contributed by atoms with Crippen LogP contribution in [0.3, 0.4) is 0 Å². The molecule has 1 saturated heterocycles. The number of carbonyl (C=O) groups excluding carboxylic acids is 1. The lowest BCUT2D eigenvalue weighted by Crippen LogP contribution is -2.48. The van der Waals surface area contributed by atoms with Gasteiger partial charge in [0.25, 0.3) is 5.91 Å². The summed E-state index contributed by atoms with van der Waals surface area (Å²) in [7, 11) is 0. The molecule has 1 aliphatic heterocycles. The Morgan fingerprint density at radius 2 is 1.45 bits per heavy atom. The molecule has 0 radical (unpaired) electrons. The Labute approximate surface area is 176 Å². The van der Waals surface area contributed by atoms with Crippen molar-refractivity contribution in [1.29, 1.82) is 0 Å². The Morgan fingerprint density at radius 3 is 1.97 bits per heavy atom. The second-order valence-electron chi connectivity index (χ2n) is 6.88. The zero-order valence-electron chi connectivity index (χ0n) is 16.5. The smallest absolute Gasteiger partial charge is 0.370 e. The highest BCUT2D eigenvalue weighted by molar-refractivity contribution is 5.95. The lowest BCUT2D eigenvalue weighted by Gasteiger charge is -2.36. The predicted octanol–water partition coefficient (Wildman–Crippen LogP) is 1.89. The number of nitrogens with two attached hydrogens (primary N) is 3. The molecular weight excluding hydrogens is 411 g/mol. The summed E-state index contributed by atoms with van der Waals surface area (Å²) in [5.41, 5.74) is 17.0. The molecule has 31 heavy (non-hydrogen) atoms. The van der Waals surface area contributed by atoms with Gasteiger partial charge < -0.3 is 27.0 Å². The first-order chi connectivity index (χ1) is 14.6. The topological polar surface area (TPSA) is 126 Å². The van der Waals surface area contributed by atoms with E-state index in [9.17, 15) is 18.0 Å². The zero-order chi connectivity index (χ0) is 22.6. The number of rotatable bonds is 3. The minimum Gasteiger partial charge on any atom is -0.370 e. The molecule has 8 nitrogen and oxygen atoms in total. The molecule has 0 saturated carbocycles. The van der Waals surface area contributed by atoms with Crippen molar-refractivity contribution in [3.63, 3.8) is 0 Å². The fraction of sp³-hybridized carbons (Fsp3) is 0.250. The molecule has 0 spiro atoms. The van der Waals surface area contributed by atoms with Crippen molar-refractivity contribution in [3.8, 4) is 0 Å². The Bertz CT molecular complexity index is 973. The number of hydrogen-bond donors (Lipinski definition) is 3. The zero-order valence-corrected chi connectivity index (χ0v) is 16.5. The van der Waals surface area contributed by atoms with Gasteiger partial charge in [0.1, 0.15) is 0 Å². The third kappa shape index (κ3) is 5.65. The van der Waals surface area contributed by atoms with E-state index in [1.54, 1.807) is 29.2 Å². The number of halogens is 3. The maximum atomic E-state index is 12.7. The number of benzene rings is 2. The number of guanidine groups is 2. The van der Waals surface area contributed by atoms with Crippen molar-refractivity contribution < 1.29 is 18.0 Å². The van der Waals surface area contributed by atoms with Gasteiger partial charge >= 0.3 is 6.18 Å². The van der Waals surface area contributed by atoms with E-state index in [2.05, 4.69) is 9.98 Å². The molecule has 164 valence electrons. The minimum atomic E-state index is -4.36. The van der Waals surface area contributed by atoms with Crippen molar-refractivity contribution >= 4 is 29.2 Å². The van der Waals surface area contributed by atoms with Crippen LogP contribution in [-0.4, -0.2) is 48.9 Å². The molecular formula is C20H22F3N7O. The second kappa shape index (κ2) is 8.94. The molecule has 1 amide bonds. The normalized spacial score (nSPS) is 15.0. The molecule has 3 rings (SSSR count). The summed E-state index contributed by atoms with van der Waals surface area (Å²) < 4.78 is 38.1. The van der Waals surface area contributed by atoms with Crippen LogP contribution in [0.2, 0.25) is 0 Å². The van der Waals surface area contributed by atoms with Crippen molar-refractivity contribution in [2.45, 2.75) is 6.18 Å². The van der Waals surface area contributed by atoms with E-state index in [1.807, 2.05) is 4.90 Å². The first-order valence-corrected chi connectivity index (χ1v) is 9.39. The van der Waals surface area contributed by atoms with Crippen LogP contribution in [0.5, 0.6) is 0 Å². The summed E-state index contributed by atoms with van der Waals surface area (Å²) in [6.07, 6.45) is -4.36. The minimum absolute atomic E-state index is 0.0986. The maximum absolute atomic E-state index is 12.7. The van der Waals surface area contributed by atoms with Gasteiger partial charge in [-0.25, -0.2) is 4.99 Å². The second-order valence-corrected chi connectivity index (χ2v) is 6.88. The van der Waals surface area contributed by atoms with Crippen molar-refractivity contribution in [1.82, 2.24) is 4.90 Å². The van der Waals surface area contributed by atoms with E-state index in [1.165, 1.54) is 12.1 Å². The number of hydrogen-bond acceptors (Lipinski definition) is 3. The first kappa shape index (κ1) is 21.9. The standard InChI is InChI=1S/C20H22F3N7O/c21-20(22,23)14-3-7-16(8-4-14)29-9-11-30(12-10-29)17(31)13-1-5-15(6-2-13)27-19(26)28-18(24)25/h1-8H,9-12H2,(H6,24,25,26,27,28). The number of alkyl halides is 3. The Hall–Kier alpha value is -3.76. The fourth-order valence-electron chi connectivity index (χ4n) is 3.18. The van der Waals surface area contributed by atoms with Gasteiger partial charge in [0.2, 0.25) is 5.96 Å². The summed E-state index contributed by atoms with van der Waals surface area (Å²) in [4.78, 5) is 24.0. The van der Waals surface area contributed by atoms with Crippen LogP contribution in [0.15, 0.2) is 58.5 Å². The SMILES string of the molecule is NC(N)=NC(N)=Nc1ccc(C(=O)N2CCN(c3ccc(C(F)(F)F)cc3)CC2)cc1. The predicted molar refractivity (Wildman–Crippen MR) is 113 cm³/mol. The fourth-order valence-corrected chi connectivity index (χ4v) is 3.18. The van der Waals surface area contributed by atoms with E-state index < -0.39 is 11.7 Å². The van der Waals surface area contributed by atoms with E-state index in [0.29, 0.717) is 43.1 Å². The lowest BCUT2D eigenvalue weighted by atomic mass is 10.1. The molecule has 0 atom stereocenters. The molecule has 0 bridgehead atoms. The highest BCUT2D eigenvalue weighted by Crippen LogP contribution is 2.30. The number of piperazine rings is 1. The molecule has 2 aromatic rings. The van der Waals surface area contributed by atoms with Crippen molar-refractivity contribution in [2.75, 3.05) is 31.1 Å². The Kier molecular flexibility index (Phi) is 6.33. The van der Waals surface area contributed by atoms with Crippen molar-refractivity contribution in [3.05, 3.63) is 59.7 Å². The number of carbonyl (C=O) groups is 1. The quantitative estimate of drug-likeness (QED) is 0.503. The van der Waals surface area contributed by atoms with Gasteiger partial charge in [-0.05, 0) is 48.5 Å². The summed E-state index contributed by atoms with van der Waals surface area (Å²) in [6, 6.07) is 11.6. The van der Waals surface area contributed by atoms with Crippen LogP contribution in [0, 0.1) is 0 Å². The number of amides is 1. The van der Waals surface area contributed by atoms with E-state index in [0.717, 1.165) is 12.1 Å². The molecule has 0 unspecified atom stereocenters. The Morgan fingerprint density at radius 1 is 0.871 bits per heavy atom. The van der Waals surface area contributed by atoms with Gasteiger partial charge in [-0.1, -0.05) is 0 Å². The van der Waals surface area contributed by atoms with E-state index >= 15 is 0 Å². The first-order valence-electron chi connectivity index (χ1n) is 9.39. The number of aliphatic imine (C=N–C) groups is 2. The summed E-state index contributed by atoms with van der Waals surface area (Å²) in [6.45, 7) is 1.96. The molecule has 0 aliphatic carbocycles. The van der Waals surface area contributed by atoms with Gasteiger partial charge in [0.15, 0.2) is 5.96 Å². The van der Waals surface area contributed by atoms with Crippen LogP contribution >= 0.6 is 0 Å². The molecule has 6 N–H and O–H groups in total. The largest absolute Gasteiger partial charge is 0.416 e. The Balaban J connectivity index is 1.59. The van der Waals surface area contributed by atoms with Gasteiger partial charge in [-0.15, -0.1) is 0 Å². The van der Waals surface area contributed by atoms with E-state index in [4.69, 9.17) is 17.2 Å². The monoisotopic (exact) mass is 433 g/mol. The summed E-state index contributed by atoms with van der Waals surface area (Å²) in [5, 5.41) is 0. The summed E-state index contributed by atoms with van der Waals surface area (Å²) >= 11 is 0. The van der Waals surface area contributed by atoms with Crippen molar-refractivity contribution in [2.24, 2.45) is 27.2 Å². The van der Waals surface area contributed by atoms with Crippen LogP contribution in [0.1, 0.15) is 15.9 Å². The molecule has 1 heterocycles. The van der Waals surface area contributed by atoms with Gasteiger partial charge in [0, 0.05) is 37.4 Å². The molecule has 2 aromatic carbocycles. The van der Waals surface area contributed by atoms with Crippen LogP contribution in [0.4, 0.5) is 24.5 Å². The molecule has 11 heteroatoms. The number of nitrogens with zero attached hydrogens (tertiary/aromatic N) is 4. The highest BCUT2D eigenvalue weighted by atomic mass is 19.4. The van der Waals surface area contributed by atoms with Gasteiger partial charge in [0.05, 0.1) is 11.3 Å². The average molecular weight is 433 g/mol. The van der Waals surface area contributed by atoms with Gasteiger partial charge in [-0.3, -0.25) is 4.79 Å². The van der Waals surface area contributed by atoms with Crippen LogP contribution in [-0.2, 0) is 6.18 Å². The van der Waals surface area contributed by atoms with Gasteiger partial charge in [-0.2, -0.15) is 18.2 Å². The van der Waals surface area contributed by atoms with Crippen LogP contribution < -0.4 is 22.1 Å². The molecule has 1 fully saturated rings. The summed E-state index contributed by atoms with van der Waals surface area (Å²) in [5.74, 6) is -0.443. The third-order valence-corrected chi connectivity index (χ3v) is 4.73. The van der Waals surface area contributed by atoms with E-state index in [-0.39, 0.29) is 17.8 Å². The third-order valence-electron chi connectivity index (χ3n) is 4.73.